The molecule has 1 unspecified atom stereocenters. The van der Waals surface area contributed by atoms with Crippen LogP contribution in [0.4, 0.5) is 13.2 Å². The minimum absolute atomic E-state index is 0.244. The maximum absolute atomic E-state index is 12.3. The number of benzene rings is 1. The van der Waals surface area contributed by atoms with Gasteiger partial charge in [-0.2, -0.15) is 13.2 Å². The monoisotopic (exact) mass is 275 g/mol. The van der Waals surface area contributed by atoms with Crippen molar-refractivity contribution in [3.05, 3.63) is 35.4 Å². The number of carbonyl (C=O) groups excluding carboxylic acids is 1. The van der Waals surface area contributed by atoms with Crippen molar-refractivity contribution in [1.29, 1.82) is 0 Å². The molecule has 2 N–H and O–H groups in total. The first-order valence-electron chi connectivity index (χ1n) is 5.94. The van der Waals surface area contributed by atoms with Gasteiger partial charge in [0, 0.05) is 12.8 Å². The molecule has 3 nitrogen and oxygen atoms in total. The number of carbonyl (C=O) groups is 1. The fourth-order valence-corrected chi connectivity index (χ4v) is 1.48. The first kappa shape index (κ1) is 15.5. The molecule has 0 aliphatic rings. The Balaban J connectivity index is 2.48. The quantitative estimate of drug-likeness (QED) is 0.664. The van der Waals surface area contributed by atoms with Gasteiger partial charge in [-0.25, -0.2) is 0 Å². The Morgan fingerprint density at radius 2 is 1.89 bits per heavy atom. The van der Waals surface area contributed by atoms with Crippen LogP contribution in [0.2, 0.25) is 0 Å². The molecule has 0 radical (unpaired) electrons. The van der Waals surface area contributed by atoms with E-state index in [0.717, 1.165) is 17.7 Å². The standard InChI is InChI=1S/C13H16F3NO2/c1-2-12(18)19-11(17)8-5-9-3-6-10(7-4-9)13(14,15)16/h3-4,6-7,11H,2,5,8,17H2,1H3. The molecule has 0 bridgehead atoms. The molecule has 0 saturated carbocycles. The van der Waals surface area contributed by atoms with Crippen molar-refractivity contribution in [2.24, 2.45) is 5.73 Å². The van der Waals surface area contributed by atoms with Crippen molar-refractivity contribution in [1.82, 2.24) is 0 Å². The summed E-state index contributed by atoms with van der Waals surface area (Å²) in [5, 5.41) is 0. The van der Waals surface area contributed by atoms with E-state index in [4.69, 9.17) is 10.5 Å². The van der Waals surface area contributed by atoms with E-state index in [2.05, 4.69) is 0 Å². The highest BCUT2D eigenvalue weighted by Gasteiger charge is 2.29. The molecule has 106 valence electrons. The molecule has 0 fully saturated rings. The van der Waals surface area contributed by atoms with Crippen molar-refractivity contribution in [2.45, 2.75) is 38.6 Å². The second-order valence-electron chi connectivity index (χ2n) is 4.12. The molecule has 1 rings (SSSR count). The predicted octanol–water partition coefficient (Wildman–Crippen LogP) is 2.88. The average molecular weight is 275 g/mol. The van der Waals surface area contributed by atoms with E-state index in [0.29, 0.717) is 12.8 Å². The molecule has 0 aliphatic carbocycles. The SMILES string of the molecule is CCC(=O)OC(N)CCc1ccc(C(F)(F)F)cc1. The Labute approximate surface area is 109 Å². The zero-order valence-corrected chi connectivity index (χ0v) is 10.5. The van der Waals surface area contributed by atoms with Gasteiger partial charge in [0.1, 0.15) is 0 Å². The van der Waals surface area contributed by atoms with Crippen LogP contribution in [0.15, 0.2) is 24.3 Å². The van der Waals surface area contributed by atoms with E-state index >= 15 is 0 Å². The van der Waals surface area contributed by atoms with E-state index in [1.807, 2.05) is 0 Å². The van der Waals surface area contributed by atoms with Crippen molar-refractivity contribution >= 4 is 5.97 Å². The summed E-state index contributed by atoms with van der Waals surface area (Å²) in [5.74, 6) is -0.389. The number of alkyl halides is 3. The van der Waals surface area contributed by atoms with E-state index in [-0.39, 0.29) is 12.4 Å². The van der Waals surface area contributed by atoms with Crippen LogP contribution >= 0.6 is 0 Å². The molecule has 19 heavy (non-hydrogen) atoms. The molecule has 0 aromatic heterocycles. The van der Waals surface area contributed by atoms with Crippen molar-refractivity contribution < 1.29 is 22.7 Å². The number of hydrogen-bond acceptors (Lipinski definition) is 3. The first-order valence-corrected chi connectivity index (χ1v) is 5.94. The van der Waals surface area contributed by atoms with Crippen molar-refractivity contribution in [3.63, 3.8) is 0 Å². The van der Waals surface area contributed by atoms with Gasteiger partial charge in [0.05, 0.1) is 5.56 Å². The van der Waals surface area contributed by atoms with E-state index in [1.54, 1.807) is 6.92 Å². The van der Waals surface area contributed by atoms with Crippen LogP contribution in [0.25, 0.3) is 0 Å². The molecule has 0 aliphatic heterocycles. The summed E-state index contributed by atoms with van der Waals surface area (Å²) in [6, 6.07) is 4.85. The lowest BCUT2D eigenvalue weighted by Gasteiger charge is -2.13. The summed E-state index contributed by atoms with van der Waals surface area (Å²) in [4.78, 5) is 11.0. The zero-order valence-electron chi connectivity index (χ0n) is 10.5. The van der Waals surface area contributed by atoms with Crippen LogP contribution in [0, 0.1) is 0 Å². The van der Waals surface area contributed by atoms with Crippen LogP contribution in [0.5, 0.6) is 0 Å². The lowest BCUT2D eigenvalue weighted by atomic mass is 10.1. The molecule has 0 amide bonds. The van der Waals surface area contributed by atoms with Crippen LogP contribution in [-0.2, 0) is 22.1 Å². The second-order valence-corrected chi connectivity index (χ2v) is 4.12. The van der Waals surface area contributed by atoms with E-state index < -0.39 is 18.0 Å². The lowest BCUT2D eigenvalue weighted by Crippen LogP contribution is -2.27. The van der Waals surface area contributed by atoms with Gasteiger partial charge in [-0.1, -0.05) is 19.1 Å². The number of rotatable bonds is 5. The van der Waals surface area contributed by atoms with Gasteiger partial charge in [0.15, 0.2) is 6.23 Å². The normalized spacial score (nSPS) is 13.1. The van der Waals surface area contributed by atoms with Gasteiger partial charge < -0.3 is 4.74 Å². The molecule has 1 aromatic carbocycles. The average Bonchev–Trinajstić information content (AvgIpc) is 2.35. The maximum atomic E-state index is 12.3. The Bertz CT molecular complexity index is 415. The highest BCUT2D eigenvalue weighted by Crippen LogP contribution is 2.29. The topological polar surface area (TPSA) is 52.3 Å². The zero-order chi connectivity index (χ0) is 14.5. The Kier molecular flexibility index (Phi) is 5.35. The van der Waals surface area contributed by atoms with Crippen molar-refractivity contribution in [3.8, 4) is 0 Å². The highest BCUT2D eigenvalue weighted by molar-refractivity contribution is 5.69. The van der Waals surface area contributed by atoms with Crippen molar-refractivity contribution in [2.75, 3.05) is 0 Å². The maximum Gasteiger partial charge on any atom is 0.416 e. The molecule has 0 spiro atoms. The Morgan fingerprint density at radius 1 is 1.32 bits per heavy atom. The van der Waals surface area contributed by atoms with Gasteiger partial charge in [0.2, 0.25) is 0 Å². The van der Waals surface area contributed by atoms with Gasteiger partial charge >= 0.3 is 12.1 Å². The van der Waals surface area contributed by atoms with Gasteiger partial charge in [-0.15, -0.1) is 0 Å². The number of nitrogens with two attached hydrogens (primary N) is 1. The molecule has 1 aromatic rings. The molecule has 0 saturated heterocycles. The number of hydrogen-bond donors (Lipinski definition) is 1. The largest absolute Gasteiger partial charge is 0.447 e. The van der Waals surface area contributed by atoms with Crippen LogP contribution in [-0.4, -0.2) is 12.2 Å². The van der Waals surface area contributed by atoms with E-state index in [9.17, 15) is 18.0 Å². The number of esters is 1. The highest BCUT2D eigenvalue weighted by atomic mass is 19.4. The fourth-order valence-electron chi connectivity index (χ4n) is 1.48. The first-order chi connectivity index (χ1) is 8.82. The summed E-state index contributed by atoms with van der Waals surface area (Å²) >= 11 is 0. The van der Waals surface area contributed by atoms with Gasteiger partial charge in [-0.3, -0.25) is 10.5 Å². The third-order valence-electron chi connectivity index (χ3n) is 2.57. The van der Waals surface area contributed by atoms with E-state index in [1.165, 1.54) is 12.1 Å². The number of aryl methyl sites for hydroxylation is 1. The number of halogens is 3. The summed E-state index contributed by atoms with van der Waals surface area (Å²) in [5.41, 5.74) is 5.61. The Hall–Kier alpha value is -1.56. The summed E-state index contributed by atoms with van der Waals surface area (Å²) in [7, 11) is 0. The summed E-state index contributed by atoms with van der Waals surface area (Å²) in [6.45, 7) is 1.66. The van der Waals surface area contributed by atoms with Gasteiger partial charge in [0.25, 0.3) is 0 Å². The minimum atomic E-state index is -4.33. The fraction of sp³-hybridized carbons (Fsp3) is 0.462. The smallest absolute Gasteiger partial charge is 0.416 e. The second kappa shape index (κ2) is 6.56. The minimum Gasteiger partial charge on any atom is -0.447 e. The third kappa shape index (κ3) is 5.30. The third-order valence-corrected chi connectivity index (χ3v) is 2.57. The van der Waals surface area contributed by atoms with Crippen LogP contribution in [0.3, 0.4) is 0 Å². The lowest BCUT2D eigenvalue weighted by molar-refractivity contribution is -0.148. The van der Waals surface area contributed by atoms with Crippen LogP contribution < -0.4 is 5.73 Å². The predicted molar refractivity (Wildman–Crippen MR) is 64.1 cm³/mol. The molecule has 1 atom stereocenters. The van der Waals surface area contributed by atoms with Crippen LogP contribution in [0.1, 0.15) is 30.9 Å². The molecular weight excluding hydrogens is 259 g/mol. The summed E-state index contributed by atoms with van der Waals surface area (Å²) in [6.07, 6.45) is -3.98. The molecular formula is C13H16F3NO2. The number of ether oxygens (including phenoxy) is 1. The molecule has 6 heteroatoms. The van der Waals surface area contributed by atoms with Gasteiger partial charge in [-0.05, 0) is 24.1 Å². The summed E-state index contributed by atoms with van der Waals surface area (Å²) < 4.78 is 41.9. The molecule has 0 heterocycles. The Morgan fingerprint density at radius 3 is 2.37 bits per heavy atom.